The number of pyridine rings is 1. The fourth-order valence-electron chi connectivity index (χ4n) is 0.818. The van der Waals surface area contributed by atoms with Gasteiger partial charge in [0.15, 0.2) is 6.20 Å². The Balaban J connectivity index is 2.99. The average molecular weight is 160 g/mol. The molecule has 0 saturated carbocycles. The van der Waals surface area contributed by atoms with Crippen molar-refractivity contribution in [2.24, 2.45) is 0 Å². The van der Waals surface area contributed by atoms with Crippen molar-refractivity contribution in [1.82, 2.24) is 4.98 Å². The molecule has 0 N–H and O–H groups in total. The molecule has 0 bridgehead atoms. The van der Waals surface area contributed by atoms with Crippen LogP contribution in [-0.2, 0) is 0 Å². The molecule has 0 aliphatic heterocycles. The standard InChI is InChI=1S/C9H8N2O/c1-10-7-5-8-4-3-6-11-9(8)12-2/h3-7H,2H3/b7-5-. The molecule has 0 atom stereocenters. The largest absolute Gasteiger partial charge is 0.481 e. The lowest BCUT2D eigenvalue weighted by molar-refractivity contribution is 0.397. The van der Waals surface area contributed by atoms with E-state index in [1.807, 2.05) is 6.07 Å². The molecule has 0 saturated heterocycles. The van der Waals surface area contributed by atoms with E-state index >= 15 is 0 Å². The van der Waals surface area contributed by atoms with Crippen LogP contribution in [0.1, 0.15) is 5.56 Å². The summed E-state index contributed by atoms with van der Waals surface area (Å²) in [6.07, 6.45) is 4.69. The van der Waals surface area contributed by atoms with Crippen LogP contribution in [0.25, 0.3) is 10.9 Å². The summed E-state index contributed by atoms with van der Waals surface area (Å²) in [6.45, 7) is 6.56. The molecule has 0 amide bonds. The number of methoxy groups -OCH3 is 1. The van der Waals surface area contributed by atoms with Gasteiger partial charge in [0.25, 0.3) is 0 Å². The molecule has 0 aliphatic carbocycles. The van der Waals surface area contributed by atoms with Gasteiger partial charge in [-0.1, -0.05) is 6.08 Å². The molecular formula is C9H8N2O. The van der Waals surface area contributed by atoms with Crippen molar-refractivity contribution in [3.05, 3.63) is 41.5 Å². The van der Waals surface area contributed by atoms with E-state index in [9.17, 15) is 0 Å². The van der Waals surface area contributed by atoms with E-state index in [1.54, 1.807) is 25.4 Å². The molecule has 1 aromatic rings. The monoisotopic (exact) mass is 160 g/mol. The molecule has 0 radical (unpaired) electrons. The molecule has 0 aliphatic rings. The number of hydrogen-bond donors (Lipinski definition) is 0. The predicted molar refractivity (Wildman–Crippen MR) is 46.4 cm³/mol. The third kappa shape index (κ3) is 1.83. The summed E-state index contributed by atoms with van der Waals surface area (Å²) in [5.41, 5.74) is 0.816. The van der Waals surface area contributed by atoms with E-state index in [-0.39, 0.29) is 0 Å². The van der Waals surface area contributed by atoms with Gasteiger partial charge < -0.3 is 4.74 Å². The van der Waals surface area contributed by atoms with Crippen LogP contribution in [0.15, 0.2) is 24.5 Å². The Morgan fingerprint density at radius 2 is 2.50 bits per heavy atom. The Hall–Kier alpha value is -1.82. The lowest BCUT2D eigenvalue weighted by Gasteiger charge is -2.00. The number of ether oxygens (including phenoxy) is 1. The van der Waals surface area contributed by atoms with Gasteiger partial charge in [0.1, 0.15) is 0 Å². The molecular weight excluding hydrogens is 152 g/mol. The smallest absolute Gasteiger partial charge is 0.219 e. The van der Waals surface area contributed by atoms with E-state index in [0.717, 1.165) is 5.56 Å². The van der Waals surface area contributed by atoms with Crippen LogP contribution in [0, 0.1) is 6.57 Å². The number of aromatic nitrogens is 1. The second-order valence-electron chi connectivity index (χ2n) is 2.05. The highest BCUT2D eigenvalue weighted by Gasteiger charge is 1.96. The van der Waals surface area contributed by atoms with Crippen molar-refractivity contribution >= 4 is 6.08 Å². The highest BCUT2D eigenvalue weighted by Crippen LogP contribution is 2.14. The molecule has 0 unspecified atom stereocenters. The molecule has 60 valence electrons. The Bertz CT molecular complexity index is 326. The fraction of sp³-hybridized carbons (Fsp3) is 0.111. The van der Waals surface area contributed by atoms with Gasteiger partial charge in [-0.3, -0.25) is 0 Å². The Morgan fingerprint density at radius 3 is 3.17 bits per heavy atom. The number of nitrogens with zero attached hydrogens (tertiary/aromatic N) is 2. The Kier molecular flexibility index (Phi) is 2.86. The van der Waals surface area contributed by atoms with Crippen LogP contribution in [0.2, 0.25) is 0 Å². The molecule has 0 spiro atoms. The number of hydrogen-bond acceptors (Lipinski definition) is 2. The van der Waals surface area contributed by atoms with Gasteiger partial charge in [0.2, 0.25) is 5.88 Å². The summed E-state index contributed by atoms with van der Waals surface area (Å²) in [5.74, 6) is 0.539. The average Bonchev–Trinajstić information content (AvgIpc) is 2.15. The maximum absolute atomic E-state index is 6.56. The maximum Gasteiger partial charge on any atom is 0.219 e. The SMILES string of the molecule is [C-]#[N+]/C=C\c1cccnc1OC. The third-order valence-corrected chi connectivity index (χ3v) is 1.32. The van der Waals surface area contributed by atoms with Gasteiger partial charge in [-0.15, -0.1) is 0 Å². The van der Waals surface area contributed by atoms with Crippen molar-refractivity contribution in [2.45, 2.75) is 0 Å². The van der Waals surface area contributed by atoms with E-state index in [4.69, 9.17) is 11.3 Å². The van der Waals surface area contributed by atoms with Crippen LogP contribution in [0.4, 0.5) is 0 Å². The Labute approximate surface area is 71.1 Å². The highest BCUT2D eigenvalue weighted by atomic mass is 16.5. The van der Waals surface area contributed by atoms with Gasteiger partial charge in [0, 0.05) is 11.8 Å². The van der Waals surface area contributed by atoms with Crippen molar-refractivity contribution in [2.75, 3.05) is 7.11 Å². The summed E-state index contributed by atoms with van der Waals surface area (Å²) in [4.78, 5) is 7.07. The molecule has 3 nitrogen and oxygen atoms in total. The van der Waals surface area contributed by atoms with Gasteiger partial charge in [0.05, 0.1) is 13.7 Å². The quantitative estimate of drug-likeness (QED) is 0.618. The van der Waals surface area contributed by atoms with Gasteiger partial charge >= 0.3 is 0 Å². The first-order valence-corrected chi connectivity index (χ1v) is 3.40. The van der Waals surface area contributed by atoms with Crippen molar-refractivity contribution in [3.8, 4) is 5.88 Å². The second kappa shape index (κ2) is 4.14. The van der Waals surface area contributed by atoms with Crippen LogP contribution in [0.3, 0.4) is 0 Å². The summed E-state index contributed by atoms with van der Waals surface area (Å²) in [7, 11) is 1.55. The van der Waals surface area contributed by atoms with Gasteiger partial charge in [-0.05, 0) is 12.1 Å². The van der Waals surface area contributed by atoms with Crippen molar-refractivity contribution < 1.29 is 4.74 Å². The summed E-state index contributed by atoms with van der Waals surface area (Å²) in [6, 6.07) is 3.64. The first-order valence-electron chi connectivity index (χ1n) is 3.40. The van der Waals surface area contributed by atoms with Crippen molar-refractivity contribution in [3.63, 3.8) is 0 Å². The van der Waals surface area contributed by atoms with E-state index < -0.39 is 0 Å². The molecule has 1 heterocycles. The first kappa shape index (κ1) is 8.28. The predicted octanol–water partition coefficient (Wildman–Crippen LogP) is 1.98. The van der Waals surface area contributed by atoms with E-state index in [1.165, 1.54) is 6.20 Å². The zero-order valence-corrected chi connectivity index (χ0v) is 6.69. The van der Waals surface area contributed by atoms with Crippen LogP contribution < -0.4 is 4.74 Å². The molecule has 1 aromatic heterocycles. The fourth-order valence-corrected chi connectivity index (χ4v) is 0.818. The summed E-state index contributed by atoms with van der Waals surface area (Å²) >= 11 is 0. The molecule has 0 aromatic carbocycles. The lowest BCUT2D eigenvalue weighted by Crippen LogP contribution is -1.89. The minimum Gasteiger partial charge on any atom is -0.481 e. The van der Waals surface area contributed by atoms with Gasteiger partial charge in [-0.25, -0.2) is 9.83 Å². The normalized spacial score (nSPS) is 9.67. The van der Waals surface area contributed by atoms with Crippen LogP contribution in [0.5, 0.6) is 5.88 Å². The van der Waals surface area contributed by atoms with Gasteiger partial charge in [-0.2, -0.15) is 0 Å². The Morgan fingerprint density at radius 1 is 1.67 bits per heavy atom. The lowest BCUT2D eigenvalue weighted by atomic mass is 10.3. The first-order chi connectivity index (χ1) is 5.88. The minimum atomic E-state index is 0.539. The van der Waals surface area contributed by atoms with E-state index in [2.05, 4.69) is 9.83 Å². The maximum atomic E-state index is 6.56. The second-order valence-corrected chi connectivity index (χ2v) is 2.05. The zero-order valence-electron chi connectivity index (χ0n) is 6.69. The van der Waals surface area contributed by atoms with Crippen molar-refractivity contribution in [1.29, 1.82) is 0 Å². The number of rotatable bonds is 2. The highest BCUT2D eigenvalue weighted by molar-refractivity contribution is 5.55. The molecule has 3 heteroatoms. The molecule has 12 heavy (non-hydrogen) atoms. The third-order valence-electron chi connectivity index (χ3n) is 1.32. The topological polar surface area (TPSA) is 26.5 Å². The molecule has 0 fully saturated rings. The van der Waals surface area contributed by atoms with E-state index in [0.29, 0.717) is 5.88 Å². The summed E-state index contributed by atoms with van der Waals surface area (Å²) in [5, 5.41) is 0. The molecule has 1 rings (SSSR count). The summed E-state index contributed by atoms with van der Waals surface area (Å²) < 4.78 is 4.98. The minimum absolute atomic E-state index is 0.539. The zero-order chi connectivity index (χ0) is 8.81. The van der Waals surface area contributed by atoms with Crippen LogP contribution in [-0.4, -0.2) is 12.1 Å². The van der Waals surface area contributed by atoms with Crippen LogP contribution >= 0.6 is 0 Å².